The minimum absolute atomic E-state index is 0. The van der Waals surface area contributed by atoms with Crippen LogP contribution in [0.1, 0.15) is 35.1 Å². The van der Waals surface area contributed by atoms with E-state index in [1.54, 1.807) is 37.2 Å². The summed E-state index contributed by atoms with van der Waals surface area (Å²) in [5.41, 5.74) is 3.58. The smallest absolute Gasteiger partial charge is 0.328 e. The molecule has 3 aromatic rings. The van der Waals surface area contributed by atoms with E-state index in [9.17, 15) is 19.9 Å². The molecule has 8 nitrogen and oxygen atoms in total. The summed E-state index contributed by atoms with van der Waals surface area (Å²) in [7, 11) is 5.18. The van der Waals surface area contributed by atoms with Crippen LogP contribution in [0.3, 0.4) is 0 Å². The fourth-order valence-corrected chi connectivity index (χ4v) is 3.54. The monoisotopic (exact) mass is 394 g/mol. The number of aliphatic carboxylic acids is 1. The number of fused-ring (bicyclic) bond motifs is 1. The lowest BCUT2D eigenvalue weighted by atomic mass is 9.94. The summed E-state index contributed by atoms with van der Waals surface area (Å²) >= 11 is 0. The predicted molar refractivity (Wildman–Crippen MR) is 94.5 cm³/mol. The highest BCUT2D eigenvalue weighted by Crippen LogP contribution is 2.29. The molecule has 0 fully saturated rings. The van der Waals surface area contributed by atoms with Gasteiger partial charge in [-0.2, -0.15) is 0 Å². The second-order valence-electron chi connectivity index (χ2n) is 6.70. The lowest BCUT2D eigenvalue weighted by molar-refractivity contribution is -0.686. The topological polar surface area (TPSA) is 93.3 Å². The summed E-state index contributed by atoms with van der Waals surface area (Å²) in [5.74, 6) is -1.04. The Morgan fingerprint density at radius 2 is 1.78 bits per heavy atom. The molecule has 0 aliphatic heterocycles. The zero-order chi connectivity index (χ0) is 19.3. The van der Waals surface area contributed by atoms with Crippen LogP contribution in [-0.4, -0.2) is 30.1 Å². The molecule has 0 bridgehead atoms. The van der Waals surface area contributed by atoms with E-state index in [1.165, 1.54) is 4.57 Å². The number of carboxylic acids is 1. The van der Waals surface area contributed by atoms with Crippen LogP contribution in [0, 0.1) is 13.8 Å². The van der Waals surface area contributed by atoms with Crippen LogP contribution >= 0.6 is 0 Å². The van der Waals surface area contributed by atoms with Gasteiger partial charge in [0.1, 0.15) is 5.69 Å². The Morgan fingerprint density at radius 3 is 2.30 bits per heavy atom. The van der Waals surface area contributed by atoms with E-state index in [2.05, 4.69) is 0 Å². The van der Waals surface area contributed by atoms with E-state index in [0.29, 0.717) is 11.5 Å². The third kappa shape index (κ3) is 3.10. The number of halogens is 1. The lowest BCUT2D eigenvalue weighted by Gasteiger charge is -2.13. The number of hydrogen-bond donors (Lipinski definition) is 2. The van der Waals surface area contributed by atoms with E-state index >= 15 is 0 Å². The molecule has 0 amide bonds. The van der Waals surface area contributed by atoms with Gasteiger partial charge in [-0.3, -0.25) is 13.9 Å². The number of carboxylic acid groups (broad SMARTS) is 1. The van der Waals surface area contributed by atoms with Crippen LogP contribution in [0.2, 0.25) is 0 Å². The first-order valence-electron chi connectivity index (χ1n) is 8.29. The van der Waals surface area contributed by atoms with E-state index in [0.717, 1.165) is 27.0 Å². The molecule has 9 heteroatoms. The Morgan fingerprint density at radius 1 is 1.19 bits per heavy atom. The molecule has 0 aliphatic carbocycles. The second kappa shape index (κ2) is 7.11. The maximum atomic E-state index is 12.2. The highest BCUT2D eigenvalue weighted by Gasteiger charge is 2.34. The van der Waals surface area contributed by atoms with Crippen LogP contribution in [0.15, 0.2) is 23.0 Å². The molecule has 0 spiro atoms. The average Bonchev–Trinajstić information content (AvgIpc) is 2.93. The number of hydrogen-bond acceptors (Lipinski definition) is 3. The fraction of sp³-hybridized carbons (Fsp3) is 0.389. The van der Waals surface area contributed by atoms with Crippen molar-refractivity contribution in [2.45, 2.75) is 26.2 Å². The zero-order valence-electron chi connectivity index (χ0n) is 15.9. The molecule has 2 aromatic heterocycles. The Labute approximate surface area is 162 Å². The zero-order valence-corrected chi connectivity index (χ0v) is 16.7. The summed E-state index contributed by atoms with van der Waals surface area (Å²) < 4.78 is 5.94. The summed E-state index contributed by atoms with van der Waals surface area (Å²) in [5, 5.41) is 19.9. The van der Waals surface area contributed by atoms with E-state index in [4.69, 9.17) is 0 Å². The van der Waals surface area contributed by atoms with Crippen molar-refractivity contribution in [2.75, 3.05) is 0 Å². The Hall–Kier alpha value is -2.74. The Balaban J connectivity index is 0.00000261. The third-order valence-electron chi connectivity index (χ3n) is 5.29. The first-order valence-corrected chi connectivity index (χ1v) is 8.29. The van der Waals surface area contributed by atoms with Gasteiger partial charge in [-0.25, -0.2) is 9.36 Å². The molecule has 2 N–H and O–H groups in total. The highest BCUT2D eigenvalue weighted by molar-refractivity contribution is 5.77. The molecule has 27 heavy (non-hydrogen) atoms. The van der Waals surface area contributed by atoms with Crippen molar-refractivity contribution in [3.05, 3.63) is 51.5 Å². The van der Waals surface area contributed by atoms with Gasteiger partial charge in [0.25, 0.3) is 0 Å². The molecule has 1 atom stereocenters. The minimum atomic E-state index is -0.964. The van der Waals surface area contributed by atoms with Crippen molar-refractivity contribution in [3.8, 4) is 0 Å². The molecule has 146 valence electrons. The lowest BCUT2D eigenvalue weighted by Crippen LogP contribution is -3.00. The van der Waals surface area contributed by atoms with Crippen molar-refractivity contribution in [1.82, 2.24) is 13.9 Å². The quantitative estimate of drug-likeness (QED) is 0.394. The van der Waals surface area contributed by atoms with Crippen LogP contribution in [-0.2, 0) is 25.9 Å². The normalized spacial score (nSPS) is 12.2. The molecule has 2 heterocycles. The highest BCUT2D eigenvalue weighted by atomic mass is 35.5. The summed E-state index contributed by atoms with van der Waals surface area (Å²) in [6.45, 7) is 3.65. The molecule has 1 unspecified atom stereocenters. The van der Waals surface area contributed by atoms with Gasteiger partial charge in [-0.15, -0.1) is 0 Å². The SMILES string of the molecule is Cc1c(C)[n+](C)c(C(CC(=O)O)c2ccc3c(c2)n(C)c(=O)n3C)n1O.[Cl-]. The Bertz CT molecular complexity index is 1070. The summed E-state index contributed by atoms with van der Waals surface area (Å²) in [4.78, 5) is 23.7. The third-order valence-corrected chi connectivity index (χ3v) is 5.29. The van der Waals surface area contributed by atoms with Gasteiger partial charge >= 0.3 is 17.5 Å². The number of aromatic nitrogens is 4. The minimum Gasteiger partial charge on any atom is -1.00 e. The number of carbonyl (C=O) groups is 1. The number of rotatable bonds is 4. The van der Waals surface area contributed by atoms with Gasteiger partial charge in [0.05, 0.1) is 30.4 Å². The first-order chi connectivity index (χ1) is 12.1. The molecule has 1 aromatic carbocycles. The molecule has 0 saturated carbocycles. The molecule has 3 rings (SSSR count). The molecule has 0 radical (unpaired) electrons. The summed E-state index contributed by atoms with van der Waals surface area (Å²) in [6, 6.07) is 5.44. The van der Waals surface area contributed by atoms with Gasteiger partial charge in [-0.05, 0) is 22.4 Å². The van der Waals surface area contributed by atoms with Crippen molar-refractivity contribution in [3.63, 3.8) is 0 Å². The van der Waals surface area contributed by atoms with E-state index in [-0.39, 0.29) is 24.5 Å². The molecular formula is C18H23ClN4O4. The molecule has 0 saturated heterocycles. The van der Waals surface area contributed by atoms with Gasteiger partial charge < -0.3 is 22.7 Å². The van der Waals surface area contributed by atoms with Crippen LogP contribution in [0.25, 0.3) is 11.0 Å². The van der Waals surface area contributed by atoms with Gasteiger partial charge in [-0.1, -0.05) is 6.07 Å². The van der Waals surface area contributed by atoms with E-state index in [1.807, 2.05) is 25.1 Å². The van der Waals surface area contributed by atoms with Crippen LogP contribution in [0.4, 0.5) is 0 Å². The second-order valence-corrected chi connectivity index (χ2v) is 6.70. The standard InChI is InChI=1S/C18H22N4O4.ClH/c1-10-11(2)22(26)17(19(10)3)13(9-16(23)24)12-6-7-14-15(8-12)21(5)18(25)20(14)4;/h6-8,13H,9H2,1-5H3,(H-,23,24,26);1H. The molecular weight excluding hydrogens is 372 g/mol. The van der Waals surface area contributed by atoms with E-state index < -0.39 is 11.9 Å². The maximum absolute atomic E-state index is 12.2. The van der Waals surface area contributed by atoms with Gasteiger partial charge in [0.15, 0.2) is 5.69 Å². The number of aryl methyl sites for hydroxylation is 2. The van der Waals surface area contributed by atoms with Crippen LogP contribution < -0.4 is 22.7 Å². The maximum Gasteiger partial charge on any atom is 0.328 e. The largest absolute Gasteiger partial charge is 1.00 e. The van der Waals surface area contributed by atoms with Gasteiger partial charge in [0, 0.05) is 27.9 Å². The van der Waals surface area contributed by atoms with Crippen LogP contribution in [0.5, 0.6) is 0 Å². The van der Waals surface area contributed by atoms with Crippen molar-refractivity contribution < 1.29 is 32.1 Å². The average molecular weight is 395 g/mol. The van der Waals surface area contributed by atoms with Crippen molar-refractivity contribution in [2.24, 2.45) is 21.1 Å². The number of nitrogens with zero attached hydrogens (tertiary/aromatic N) is 4. The predicted octanol–water partition coefficient (Wildman–Crippen LogP) is -2.03. The fourth-order valence-electron chi connectivity index (χ4n) is 3.54. The number of imidazole rings is 2. The number of benzene rings is 1. The molecule has 0 aliphatic rings. The van der Waals surface area contributed by atoms with Crippen molar-refractivity contribution in [1.29, 1.82) is 0 Å². The first kappa shape index (κ1) is 20.6. The van der Waals surface area contributed by atoms with Gasteiger partial charge in [0.2, 0.25) is 0 Å². The summed E-state index contributed by atoms with van der Waals surface area (Å²) in [6.07, 6.45) is -0.177. The Kier molecular flexibility index (Phi) is 5.42. The van der Waals surface area contributed by atoms with Crippen molar-refractivity contribution >= 4 is 17.0 Å².